The molecule has 0 spiro atoms. The van der Waals surface area contributed by atoms with Gasteiger partial charge < -0.3 is 10.6 Å². The van der Waals surface area contributed by atoms with Crippen LogP contribution in [-0.2, 0) is 4.79 Å². The molecule has 4 rings (SSSR count). The Bertz CT molecular complexity index is 1410. The van der Waals surface area contributed by atoms with E-state index in [9.17, 15) is 24.1 Å². The molecule has 3 aromatic carbocycles. The number of nitro groups is 1. The van der Waals surface area contributed by atoms with Crippen LogP contribution in [0.4, 0.5) is 20.9 Å². The molecule has 2 N–H and O–H groups in total. The van der Waals surface area contributed by atoms with Gasteiger partial charge in [-0.3, -0.25) is 19.7 Å². The van der Waals surface area contributed by atoms with Gasteiger partial charge in [0.1, 0.15) is 5.82 Å². The van der Waals surface area contributed by atoms with Gasteiger partial charge in [-0.2, -0.15) is 0 Å². The standard InChI is InChI=1S/C25H19FN4O4S2/c1-15(23(31)29-25-28-22(14-35-25)16-5-7-18(26)8-6-16)36-21-11-9-19(10-12-21)27-24(32)17-3-2-4-20(13-17)30(33)34/h2-15H,1H3,(H,27,32)(H,28,29,31). The van der Waals surface area contributed by atoms with E-state index in [4.69, 9.17) is 0 Å². The molecule has 0 fully saturated rings. The van der Waals surface area contributed by atoms with Crippen molar-refractivity contribution in [1.82, 2.24) is 4.98 Å². The van der Waals surface area contributed by atoms with Crippen LogP contribution >= 0.6 is 23.1 Å². The monoisotopic (exact) mass is 522 g/mol. The van der Waals surface area contributed by atoms with Crippen LogP contribution in [0.1, 0.15) is 17.3 Å². The molecule has 0 aliphatic heterocycles. The van der Waals surface area contributed by atoms with Crippen LogP contribution in [0.15, 0.2) is 83.1 Å². The summed E-state index contributed by atoms with van der Waals surface area (Å²) >= 11 is 2.63. The number of amides is 2. The minimum atomic E-state index is -0.556. The van der Waals surface area contributed by atoms with E-state index in [2.05, 4.69) is 15.6 Å². The lowest BCUT2D eigenvalue weighted by Gasteiger charge is -2.11. The van der Waals surface area contributed by atoms with E-state index in [1.165, 1.54) is 59.5 Å². The zero-order valence-corrected chi connectivity index (χ0v) is 20.4. The minimum Gasteiger partial charge on any atom is -0.322 e. The van der Waals surface area contributed by atoms with Crippen LogP contribution in [0, 0.1) is 15.9 Å². The predicted octanol–water partition coefficient (Wildman–Crippen LogP) is 6.23. The molecule has 0 saturated carbocycles. The zero-order chi connectivity index (χ0) is 25.7. The smallest absolute Gasteiger partial charge is 0.270 e. The van der Waals surface area contributed by atoms with Gasteiger partial charge in [-0.15, -0.1) is 23.1 Å². The van der Waals surface area contributed by atoms with Gasteiger partial charge in [-0.05, 0) is 61.5 Å². The van der Waals surface area contributed by atoms with Crippen LogP contribution in [0.5, 0.6) is 0 Å². The number of nitrogens with zero attached hydrogens (tertiary/aromatic N) is 2. The quantitative estimate of drug-likeness (QED) is 0.161. The number of aromatic nitrogens is 1. The van der Waals surface area contributed by atoms with Crippen LogP contribution in [-0.4, -0.2) is 27.0 Å². The summed E-state index contributed by atoms with van der Waals surface area (Å²) in [4.78, 5) is 40.6. The summed E-state index contributed by atoms with van der Waals surface area (Å²) in [7, 11) is 0. The van der Waals surface area contributed by atoms with Crippen LogP contribution < -0.4 is 10.6 Å². The number of thiazole rings is 1. The second kappa shape index (κ2) is 11.1. The maximum atomic E-state index is 13.1. The molecular formula is C25H19FN4O4S2. The Morgan fingerprint density at radius 3 is 2.47 bits per heavy atom. The fourth-order valence-electron chi connectivity index (χ4n) is 3.13. The van der Waals surface area contributed by atoms with Gasteiger partial charge in [0.15, 0.2) is 5.13 Å². The van der Waals surface area contributed by atoms with Gasteiger partial charge >= 0.3 is 0 Å². The molecule has 36 heavy (non-hydrogen) atoms. The molecule has 11 heteroatoms. The number of thioether (sulfide) groups is 1. The van der Waals surface area contributed by atoms with Crippen LogP contribution in [0.2, 0.25) is 0 Å². The minimum absolute atomic E-state index is 0.161. The highest BCUT2D eigenvalue weighted by molar-refractivity contribution is 8.00. The molecule has 0 aliphatic rings. The summed E-state index contributed by atoms with van der Waals surface area (Å²) < 4.78 is 13.1. The van der Waals surface area contributed by atoms with Crippen molar-refractivity contribution in [2.75, 3.05) is 10.6 Å². The molecule has 1 atom stereocenters. The van der Waals surface area contributed by atoms with Gasteiger partial charge in [0.2, 0.25) is 5.91 Å². The van der Waals surface area contributed by atoms with Crippen molar-refractivity contribution in [3.05, 3.63) is 99.7 Å². The van der Waals surface area contributed by atoms with E-state index in [0.29, 0.717) is 16.5 Å². The van der Waals surface area contributed by atoms with Crippen molar-refractivity contribution in [2.24, 2.45) is 0 Å². The molecular weight excluding hydrogens is 503 g/mol. The summed E-state index contributed by atoms with van der Waals surface area (Å²) in [6.07, 6.45) is 0. The average molecular weight is 523 g/mol. The normalized spacial score (nSPS) is 11.5. The molecule has 2 amide bonds. The van der Waals surface area contributed by atoms with Crippen molar-refractivity contribution >= 4 is 51.4 Å². The van der Waals surface area contributed by atoms with Crippen LogP contribution in [0.25, 0.3) is 11.3 Å². The third-order valence-corrected chi connectivity index (χ3v) is 6.86. The Balaban J connectivity index is 1.32. The Labute approximate surface area is 213 Å². The molecule has 0 aliphatic carbocycles. The summed E-state index contributed by atoms with van der Waals surface area (Å²) in [5.74, 6) is -1.01. The number of benzene rings is 3. The van der Waals surface area contributed by atoms with E-state index in [-0.39, 0.29) is 23.0 Å². The summed E-state index contributed by atoms with van der Waals surface area (Å²) in [5.41, 5.74) is 1.94. The van der Waals surface area contributed by atoms with E-state index in [1.807, 2.05) is 0 Å². The first kappa shape index (κ1) is 25.0. The third-order valence-electron chi connectivity index (χ3n) is 4.99. The highest BCUT2D eigenvalue weighted by Crippen LogP contribution is 2.28. The number of carbonyl (C=O) groups excluding carboxylic acids is 2. The Kier molecular flexibility index (Phi) is 7.71. The molecule has 4 aromatic rings. The second-order valence-corrected chi connectivity index (χ2v) is 9.85. The number of nitrogens with one attached hydrogen (secondary N) is 2. The lowest BCUT2D eigenvalue weighted by Crippen LogP contribution is -2.22. The number of carbonyl (C=O) groups is 2. The highest BCUT2D eigenvalue weighted by atomic mass is 32.2. The number of anilines is 2. The van der Waals surface area contributed by atoms with Crippen molar-refractivity contribution < 1.29 is 18.9 Å². The molecule has 1 heterocycles. The summed E-state index contributed by atoms with van der Waals surface area (Å²) in [6, 6.07) is 18.4. The summed E-state index contributed by atoms with van der Waals surface area (Å²) in [6.45, 7) is 1.77. The predicted molar refractivity (Wildman–Crippen MR) is 139 cm³/mol. The third kappa shape index (κ3) is 6.32. The second-order valence-electron chi connectivity index (χ2n) is 7.58. The van der Waals surface area contributed by atoms with Crippen molar-refractivity contribution in [1.29, 1.82) is 0 Å². The molecule has 0 saturated heterocycles. The highest BCUT2D eigenvalue weighted by Gasteiger charge is 2.17. The number of hydrogen-bond donors (Lipinski definition) is 2. The fourth-order valence-corrected chi connectivity index (χ4v) is 4.72. The number of nitro benzene ring substituents is 1. The van der Waals surface area contributed by atoms with Gasteiger partial charge in [-0.25, -0.2) is 9.37 Å². The van der Waals surface area contributed by atoms with Crippen molar-refractivity contribution in [2.45, 2.75) is 17.1 Å². The Morgan fingerprint density at radius 1 is 1.06 bits per heavy atom. The maximum Gasteiger partial charge on any atom is 0.270 e. The zero-order valence-electron chi connectivity index (χ0n) is 18.8. The molecule has 1 aromatic heterocycles. The van der Waals surface area contributed by atoms with Gasteiger partial charge in [-0.1, -0.05) is 6.07 Å². The van der Waals surface area contributed by atoms with Crippen molar-refractivity contribution in [3.63, 3.8) is 0 Å². The number of rotatable bonds is 8. The number of hydrogen-bond acceptors (Lipinski definition) is 7. The maximum absolute atomic E-state index is 13.1. The number of halogens is 1. The number of non-ortho nitro benzene ring substituents is 1. The Hall–Kier alpha value is -4.09. The summed E-state index contributed by atoms with van der Waals surface area (Å²) in [5, 5.41) is 18.2. The van der Waals surface area contributed by atoms with Gasteiger partial charge in [0, 0.05) is 39.2 Å². The lowest BCUT2D eigenvalue weighted by molar-refractivity contribution is -0.384. The van der Waals surface area contributed by atoms with E-state index >= 15 is 0 Å². The first-order chi connectivity index (χ1) is 17.3. The topological polar surface area (TPSA) is 114 Å². The first-order valence-electron chi connectivity index (χ1n) is 10.6. The van der Waals surface area contributed by atoms with E-state index < -0.39 is 16.1 Å². The largest absolute Gasteiger partial charge is 0.322 e. The molecule has 0 radical (unpaired) electrons. The van der Waals surface area contributed by atoms with Gasteiger partial charge in [0.25, 0.3) is 11.6 Å². The molecule has 8 nitrogen and oxygen atoms in total. The first-order valence-corrected chi connectivity index (χ1v) is 12.4. The lowest BCUT2D eigenvalue weighted by atomic mass is 10.2. The fraction of sp³-hybridized carbons (Fsp3) is 0.0800. The van der Waals surface area contributed by atoms with E-state index in [1.54, 1.807) is 48.7 Å². The van der Waals surface area contributed by atoms with Crippen LogP contribution in [0.3, 0.4) is 0 Å². The van der Waals surface area contributed by atoms with Crippen molar-refractivity contribution in [3.8, 4) is 11.3 Å². The SMILES string of the molecule is CC(Sc1ccc(NC(=O)c2cccc([N+](=O)[O-])c2)cc1)C(=O)Nc1nc(-c2ccc(F)cc2)cs1. The molecule has 1 unspecified atom stereocenters. The average Bonchev–Trinajstić information content (AvgIpc) is 3.34. The van der Waals surface area contributed by atoms with E-state index in [0.717, 1.165) is 10.5 Å². The Morgan fingerprint density at radius 2 is 1.78 bits per heavy atom. The molecule has 0 bridgehead atoms. The van der Waals surface area contributed by atoms with Gasteiger partial charge in [0.05, 0.1) is 15.9 Å². The molecule has 182 valence electrons.